The summed E-state index contributed by atoms with van der Waals surface area (Å²) in [5.41, 5.74) is 0.723. The number of hydrogen-bond acceptors (Lipinski definition) is 2. The Kier molecular flexibility index (Phi) is 2.31. The Labute approximate surface area is 76.9 Å². The van der Waals surface area contributed by atoms with Crippen LogP contribution in [0.5, 0.6) is 0 Å². The summed E-state index contributed by atoms with van der Waals surface area (Å²) >= 11 is 0. The molecule has 13 heavy (non-hydrogen) atoms. The maximum atomic E-state index is 13.5. The number of rotatable bonds is 4. The van der Waals surface area contributed by atoms with Crippen molar-refractivity contribution in [2.24, 2.45) is 0 Å². The highest BCUT2D eigenvalue weighted by Crippen LogP contribution is 2.35. The molecule has 0 radical (unpaired) electrons. The van der Waals surface area contributed by atoms with E-state index in [-0.39, 0.29) is 5.95 Å². The van der Waals surface area contributed by atoms with Crippen LogP contribution in [0, 0.1) is 5.95 Å². The van der Waals surface area contributed by atoms with Crippen molar-refractivity contribution >= 4 is 0 Å². The predicted molar refractivity (Wildman–Crippen MR) is 48.1 cm³/mol. The molecule has 0 saturated heterocycles. The van der Waals surface area contributed by atoms with Crippen LogP contribution in [0.4, 0.5) is 4.39 Å². The molecule has 1 N–H and O–H groups in total. The molecule has 1 aliphatic carbocycles. The maximum Gasteiger partial charge on any atom is 0.214 e. The molecule has 72 valence electrons. The first-order chi connectivity index (χ1) is 6.33. The minimum absolute atomic E-state index is 0.141. The fraction of sp³-hybridized carbons (Fsp3) is 0.667. The summed E-state index contributed by atoms with van der Waals surface area (Å²) in [5.74, 6) is -0.141. The van der Waals surface area contributed by atoms with Crippen LogP contribution in [0.3, 0.4) is 0 Å². The van der Waals surface area contributed by atoms with Gasteiger partial charge in [-0.05, 0) is 32.9 Å². The molecule has 1 saturated carbocycles. The summed E-state index contributed by atoms with van der Waals surface area (Å²) < 4.78 is 15.0. The lowest BCUT2D eigenvalue weighted by molar-refractivity contribution is 0.456. The molecule has 3 nitrogen and oxygen atoms in total. The van der Waals surface area contributed by atoms with Crippen LogP contribution < -0.4 is 5.32 Å². The Morgan fingerprint density at radius 2 is 2.46 bits per heavy atom. The van der Waals surface area contributed by atoms with E-state index in [9.17, 15) is 4.39 Å². The van der Waals surface area contributed by atoms with Gasteiger partial charge in [0, 0.05) is 5.56 Å². The highest BCUT2D eigenvalue weighted by atomic mass is 19.1. The third-order valence-electron chi connectivity index (χ3n) is 2.34. The standard InChI is InChI=1S/C9H14FN3/c1-11-5-4-7-6-12-13(9(7)10)8-2-3-8/h6,8,11H,2-5H2,1H3. The van der Waals surface area contributed by atoms with Gasteiger partial charge in [0.05, 0.1) is 12.2 Å². The van der Waals surface area contributed by atoms with Crippen LogP contribution in [0.25, 0.3) is 0 Å². The van der Waals surface area contributed by atoms with E-state index >= 15 is 0 Å². The van der Waals surface area contributed by atoms with Gasteiger partial charge < -0.3 is 5.32 Å². The number of nitrogens with one attached hydrogen (secondary N) is 1. The Morgan fingerprint density at radius 1 is 1.69 bits per heavy atom. The fourth-order valence-corrected chi connectivity index (χ4v) is 1.38. The lowest BCUT2D eigenvalue weighted by atomic mass is 10.2. The average molecular weight is 183 g/mol. The van der Waals surface area contributed by atoms with Gasteiger partial charge in [0.1, 0.15) is 0 Å². The second-order valence-electron chi connectivity index (χ2n) is 3.49. The van der Waals surface area contributed by atoms with E-state index in [1.54, 1.807) is 6.20 Å². The third-order valence-corrected chi connectivity index (χ3v) is 2.34. The predicted octanol–water partition coefficient (Wildman–Crippen LogP) is 1.12. The second kappa shape index (κ2) is 3.46. The zero-order valence-corrected chi connectivity index (χ0v) is 7.76. The number of nitrogens with zero attached hydrogens (tertiary/aromatic N) is 2. The molecule has 0 aromatic carbocycles. The Bertz CT molecular complexity index is 291. The van der Waals surface area contributed by atoms with Crippen LogP contribution in [0.15, 0.2) is 6.20 Å². The molecular formula is C9H14FN3. The van der Waals surface area contributed by atoms with Crippen molar-refractivity contribution in [3.8, 4) is 0 Å². The van der Waals surface area contributed by atoms with E-state index in [0.717, 1.165) is 31.4 Å². The molecule has 0 atom stereocenters. The molecule has 0 amide bonds. The summed E-state index contributed by atoms with van der Waals surface area (Å²) in [6, 6.07) is 0.336. The highest BCUT2D eigenvalue weighted by Gasteiger charge is 2.27. The van der Waals surface area contributed by atoms with Crippen LogP contribution >= 0.6 is 0 Å². The first-order valence-electron chi connectivity index (χ1n) is 4.69. The molecule has 2 rings (SSSR count). The monoisotopic (exact) mass is 183 g/mol. The van der Waals surface area contributed by atoms with Crippen molar-refractivity contribution in [3.63, 3.8) is 0 Å². The SMILES string of the molecule is CNCCc1cnn(C2CC2)c1F. The number of likely N-dealkylation sites (N-methyl/N-ethyl adjacent to an activating group) is 1. The molecule has 0 spiro atoms. The van der Waals surface area contributed by atoms with Crippen molar-refractivity contribution in [2.45, 2.75) is 25.3 Å². The smallest absolute Gasteiger partial charge is 0.214 e. The topological polar surface area (TPSA) is 29.9 Å². The normalized spacial score (nSPS) is 16.5. The van der Waals surface area contributed by atoms with E-state index in [4.69, 9.17) is 0 Å². The molecular weight excluding hydrogens is 169 g/mol. The minimum Gasteiger partial charge on any atom is -0.319 e. The van der Waals surface area contributed by atoms with Gasteiger partial charge in [0.25, 0.3) is 0 Å². The average Bonchev–Trinajstić information content (AvgIpc) is 2.89. The molecule has 0 unspecified atom stereocenters. The molecule has 4 heteroatoms. The van der Waals surface area contributed by atoms with Crippen LogP contribution in [0.2, 0.25) is 0 Å². The van der Waals surface area contributed by atoms with Crippen molar-refractivity contribution < 1.29 is 4.39 Å². The molecule has 1 aliphatic rings. The van der Waals surface area contributed by atoms with Crippen LogP contribution in [-0.2, 0) is 6.42 Å². The number of halogens is 1. The molecule has 1 aromatic heterocycles. The van der Waals surface area contributed by atoms with E-state index in [2.05, 4.69) is 10.4 Å². The zero-order chi connectivity index (χ0) is 9.26. The molecule has 0 aliphatic heterocycles. The first kappa shape index (κ1) is 8.69. The van der Waals surface area contributed by atoms with Crippen molar-refractivity contribution in [2.75, 3.05) is 13.6 Å². The van der Waals surface area contributed by atoms with Gasteiger partial charge in [-0.15, -0.1) is 0 Å². The maximum absolute atomic E-state index is 13.5. The van der Waals surface area contributed by atoms with Gasteiger partial charge >= 0.3 is 0 Å². The summed E-state index contributed by atoms with van der Waals surface area (Å²) in [6.45, 7) is 0.799. The van der Waals surface area contributed by atoms with E-state index in [1.807, 2.05) is 7.05 Å². The zero-order valence-electron chi connectivity index (χ0n) is 7.76. The van der Waals surface area contributed by atoms with Crippen molar-refractivity contribution in [1.29, 1.82) is 0 Å². The Balaban J connectivity index is 2.08. The molecule has 0 bridgehead atoms. The van der Waals surface area contributed by atoms with Gasteiger partial charge in [0.2, 0.25) is 5.95 Å². The van der Waals surface area contributed by atoms with E-state index in [0.29, 0.717) is 6.04 Å². The largest absolute Gasteiger partial charge is 0.319 e. The summed E-state index contributed by atoms with van der Waals surface area (Å²) in [7, 11) is 1.86. The van der Waals surface area contributed by atoms with Gasteiger partial charge in [-0.2, -0.15) is 9.49 Å². The van der Waals surface area contributed by atoms with Gasteiger partial charge in [-0.3, -0.25) is 0 Å². The molecule has 1 aromatic rings. The lowest BCUT2D eigenvalue weighted by Gasteiger charge is -1.99. The fourth-order valence-electron chi connectivity index (χ4n) is 1.38. The van der Waals surface area contributed by atoms with Gasteiger partial charge in [-0.1, -0.05) is 0 Å². The van der Waals surface area contributed by atoms with E-state index < -0.39 is 0 Å². The summed E-state index contributed by atoms with van der Waals surface area (Å²) in [6.07, 6.45) is 4.51. The van der Waals surface area contributed by atoms with E-state index in [1.165, 1.54) is 4.68 Å². The minimum atomic E-state index is -0.141. The quantitative estimate of drug-likeness (QED) is 0.758. The van der Waals surface area contributed by atoms with Gasteiger partial charge in [0.15, 0.2) is 0 Å². The first-order valence-corrected chi connectivity index (χ1v) is 4.69. The molecule has 1 fully saturated rings. The van der Waals surface area contributed by atoms with Gasteiger partial charge in [-0.25, -0.2) is 4.68 Å². The highest BCUT2D eigenvalue weighted by molar-refractivity contribution is 5.09. The second-order valence-corrected chi connectivity index (χ2v) is 3.49. The molecule has 1 heterocycles. The van der Waals surface area contributed by atoms with Crippen LogP contribution in [-0.4, -0.2) is 23.4 Å². The summed E-state index contributed by atoms with van der Waals surface area (Å²) in [5, 5.41) is 7.04. The van der Waals surface area contributed by atoms with Crippen molar-refractivity contribution in [1.82, 2.24) is 15.1 Å². The number of aromatic nitrogens is 2. The third kappa shape index (κ3) is 1.72. The Morgan fingerprint density at radius 3 is 3.08 bits per heavy atom. The number of hydrogen-bond donors (Lipinski definition) is 1. The lowest BCUT2D eigenvalue weighted by Crippen LogP contribution is -2.11. The Hall–Kier alpha value is -0.900. The summed E-state index contributed by atoms with van der Waals surface area (Å²) in [4.78, 5) is 0. The van der Waals surface area contributed by atoms with Crippen LogP contribution in [0.1, 0.15) is 24.4 Å². The van der Waals surface area contributed by atoms with Crippen molar-refractivity contribution in [3.05, 3.63) is 17.7 Å².